The second-order valence-corrected chi connectivity index (χ2v) is 4.02. The van der Waals surface area contributed by atoms with Crippen molar-refractivity contribution in [1.29, 1.82) is 0 Å². The van der Waals surface area contributed by atoms with Crippen LogP contribution in [0, 0.1) is 0 Å². The number of nitrogens with one attached hydrogen (secondary N) is 1. The van der Waals surface area contributed by atoms with E-state index in [-0.39, 0.29) is 12.1 Å². The van der Waals surface area contributed by atoms with Crippen LogP contribution in [0.1, 0.15) is 17.3 Å². The summed E-state index contributed by atoms with van der Waals surface area (Å²) in [4.78, 5) is 13.2. The Balaban J connectivity index is 0.000000267. The van der Waals surface area contributed by atoms with Gasteiger partial charge in [-0.15, -0.1) is 0 Å². The fraction of sp³-hybridized carbons (Fsp3) is 0.444. The number of rotatable bonds is 1. The monoisotopic (exact) mass is 272 g/mol. The lowest BCUT2D eigenvalue weighted by Crippen LogP contribution is -2.29. The van der Waals surface area contributed by atoms with E-state index >= 15 is 0 Å². The van der Waals surface area contributed by atoms with Crippen molar-refractivity contribution in [2.24, 2.45) is 10.9 Å². The quantitative estimate of drug-likeness (QED) is 0.380. The van der Waals surface area contributed by atoms with Gasteiger partial charge in [0, 0.05) is 12.1 Å². The molecule has 1 unspecified atom stereocenters. The Labute approximate surface area is 108 Å². The Hall–Kier alpha value is -1.80. The molecule has 3 heterocycles. The first-order valence-corrected chi connectivity index (χ1v) is 5.71. The summed E-state index contributed by atoms with van der Waals surface area (Å²) in [6, 6.07) is 0.112. The Morgan fingerprint density at radius 2 is 2.50 bits per heavy atom. The molecule has 98 valence electrons. The van der Waals surface area contributed by atoms with Crippen LogP contribution in [-0.2, 0) is 13.2 Å². The molecule has 3 rings (SSSR count). The van der Waals surface area contributed by atoms with E-state index in [1.165, 1.54) is 0 Å². The summed E-state index contributed by atoms with van der Waals surface area (Å²) >= 11 is 4.64. The molecule has 2 aliphatic heterocycles. The summed E-state index contributed by atoms with van der Waals surface area (Å²) in [6.45, 7) is 1.74. The largest absolute Gasteiger partial charge is 0.410 e. The Kier molecular flexibility index (Phi) is 3.68. The molecule has 2 bridgehead atoms. The van der Waals surface area contributed by atoms with Gasteiger partial charge in [-0.3, -0.25) is 4.68 Å². The number of hydrogen-bond donors (Lipinski definition) is 3. The number of carbonyl (C=O) groups excluding carboxylic acids is 1. The molecule has 1 fully saturated rings. The van der Waals surface area contributed by atoms with E-state index in [4.69, 9.17) is 10.9 Å². The minimum absolute atomic E-state index is 0.00905. The molecule has 1 saturated heterocycles. The maximum absolute atomic E-state index is 11.4. The van der Waals surface area contributed by atoms with Crippen molar-refractivity contribution in [3.05, 3.63) is 17.5 Å². The van der Waals surface area contributed by atoms with E-state index in [9.17, 15) is 4.79 Å². The summed E-state index contributed by atoms with van der Waals surface area (Å²) in [6.07, 6.45) is 1.80. The van der Waals surface area contributed by atoms with Crippen molar-refractivity contribution in [2.45, 2.75) is 19.3 Å². The van der Waals surface area contributed by atoms with Gasteiger partial charge in [0.05, 0.1) is 31.1 Å². The van der Waals surface area contributed by atoms with E-state index < -0.39 is 0 Å². The van der Waals surface area contributed by atoms with Crippen LogP contribution >= 0.6 is 11.6 Å². The van der Waals surface area contributed by atoms with Crippen molar-refractivity contribution >= 4 is 23.3 Å². The van der Waals surface area contributed by atoms with E-state index in [1.807, 2.05) is 0 Å². The van der Waals surface area contributed by atoms with Crippen molar-refractivity contribution in [3.8, 4) is 0 Å². The summed E-state index contributed by atoms with van der Waals surface area (Å²) in [7, 11) is 0. The van der Waals surface area contributed by atoms with Crippen LogP contribution in [0.5, 0.6) is 0 Å². The summed E-state index contributed by atoms with van der Waals surface area (Å²) in [5, 5.41) is 16.8. The van der Waals surface area contributed by atoms with Crippen LogP contribution in [-0.4, -0.2) is 38.1 Å². The maximum atomic E-state index is 11.4. The molecule has 0 aromatic carbocycles. The predicted molar refractivity (Wildman–Crippen MR) is 64.2 cm³/mol. The Morgan fingerprint density at radius 1 is 1.78 bits per heavy atom. The first-order chi connectivity index (χ1) is 8.71. The average molecular weight is 273 g/mol. The SMILES string of the molecule is NCn1ncc2c1CN1CC2NC1=O.O/N=C\Cl. The molecule has 0 spiro atoms. The number of hydrogen-bond acceptors (Lipinski definition) is 5. The number of nitrogens with two attached hydrogens (primary N) is 1. The summed E-state index contributed by atoms with van der Waals surface area (Å²) in [5.41, 5.74) is 8.49. The van der Waals surface area contributed by atoms with Gasteiger partial charge in [0.2, 0.25) is 0 Å². The van der Waals surface area contributed by atoms with Crippen LogP contribution in [0.15, 0.2) is 11.4 Å². The van der Waals surface area contributed by atoms with Crippen molar-refractivity contribution in [2.75, 3.05) is 6.54 Å². The number of urea groups is 1. The van der Waals surface area contributed by atoms with E-state index in [0.29, 0.717) is 13.2 Å². The maximum Gasteiger partial charge on any atom is 0.318 e. The van der Waals surface area contributed by atoms with E-state index in [1.54, 1.807) is 15.8 Å². The molecule has 1 aromatic heterocycles. The Morgan fingerprint density at radius 3 is 3.11 bits per heavy atom. The second-order valence-electron chi connectivity index (χ2n) is 3.82. The fourth-order valence-electron chi connectivity index (χ4n) is 2.13. The molecule has 0 saturated carbocycles. The number of halogens is 1. The van der Waals surface area contributed by atoms with Crippen LogP contribution in [0.3, 0.4) is 0 Å². The van der Waals surface area contributed by atoms with Gasteiger partial charge in [-0.1, -0.05) is 16.8 Å². The molecule has 2 amide bonds. The fourth-order valence-corrected chi connectivity index (χ4v) is 2.13. The number of fused-ring (bicyclic) bond motifs is 4. The number of carbonyl (C=O) groups is 1. The molecule has 8 nitrogen and oxygen atoms in total. The lowest BCUT2D eigenvalue weighted by atomic mass is 10.1. The predicted octanol–water partition coefficient (Wildman–Crippen LogP) is 0.0219. The number of amides is 2. The van der Waals surface area contributed by atoms with Gasteiger partial charge in [0.25, 0.3) is 0 Å². The molecule has 2 aliphatic rings. The standard InChI is InChI=1S/C8H11N5O.CH2ClNO/c9-4-13-7-3-12-2-6(11-8(12)14)5(7)1-10-13;2-1-3-4/h1,6H,2-4,9H2,(H,11,14);1,4H/b;3-1-. The first-order valence-electron chi connectivity index (χ1n) is 5.27. The third kappa shape index (κ3) is 2.12. The number of nitrogens with zero attached hydrogens (tertiary/aromatic N) is 4. The highest BCUT2D eigenvalue weighted by atomic mass is 35.5. The second kappa shape index (κ2) is 5.23. The highest BCUT2D eigenvalue weighted by Crippen LogP contribution is 2.30. The smallest absolute Gasteiger partial charge is 0.318 e. The van der Waals surface area contributed by atoms with E-state index in [2.05, 4.69) is 27.2 Å². The van der Waals surface area contributed by atoms with Crippen molar-refractivity contribution in [3.63, 3.8) is 0 Å². The molecular formula is C9H13ClN6O2. The minimum atomic E-state index is 0.00905. The van der Waals surface area contributed by atoms with Crippen LogP contribution in [0.2, 0.25) is 0 Å². The van der Waals surface area contributed by atoms with Gasteiger partial charge >= 0.3 is 6.03 Å². The van der Waals surface area contributed by atoms with Gasteiger partial charge in [-0.2, -0.15) is 5.10 Å². The number of aromatic nitrogens is 2. The number of oxime groups is 1. The third-order valence-corrected chi connectivity index (χ3v) is 2.99. The molecule has 1 atom stereocenters. The molecule has 9 heteroatoms. The molecule has 18 heavy (non-hydrogen) atoms. The molecule has 1 aromatic rings. The molecular weight excluding hydrogens is 260 g/mol. The summed E-state index contributed by atoms with van der Waals surface area (Å²) in [5.74, 6) is 0. The topological polar surface area (TPSA) is 109 Å². The van der Waals surface area contributed by atoms with Gasteiger partial charge in [-0.05, 0) is 0 Å². The van der Waals surface area contributed by atoms with Gasteiger partial charge < -0.3 is 21.2 Å². The zero-order chi connectivity index (χ0) is 13.1. The van der Waals surface area contributed by atoms with Crippen LogP contribution in [0.25, 0.3) is 0 Å². The minimum Gasteiger partial charge on any atom is -0.410 e. The normalized spacial score (nSPS) is 20.4. The Bertz CT molecular complexity index is 470. The third-order valence-electron chi connectivity index (χ3n) is 2.90. The molecule has 0 aliphatic carbocycles. The highest BCUT2D eigenvalue weighted by Gasteiger charge is 2.37. The van der Waals surface area contributed by atoms with E-state index in [0.717, 1.165) is 23.5 Å². The zero-order valence-corrected chi connectivity index (χ0v) is 10.2. The van der Waals surface area contributed by atoms with Crippen molar-refractivity contribution in [1.82, 2.24) is 20.0 Å². The average Bonchev–Trinajstić information content (AvgIpc) is 2.93. The lowest BCUT2D eigenvalue weighted by Gasteiger charge is -2.21. The molecule has 4 N–H and O–H groups in total. The van der Waals surface area contributed by atoms with Crippen molar-refractivity contribution < 1.29 is 10.0 Å². The van der Waals surface area contributed by atoms with Crippen LogP contribution < -0.4 is 11.1 Å². The first kappa shape index (κ1) is 12.7. The van der Waals surface area contributed by atoms with Gasteiger partial charge in [0.15, 0.2) is 0 Å². The summed E-state index contributed by atoms with van der Waals surface area (Å²) < 4.78 is 1.74. The lowest BCUT2D eigenvalue weighted by molar-refractivity contribution is 0.213. The highest BCUT2D eigenvalue weighted by molar-refractivity contribution is 6.56. The molecule has 0 radical (unpaired) electrons. The van der Waals surface area contributed by atoms with Gasteiger partial charge in [-0.25, -0.2) is 4.79 Å². The van der Waals surface area contributed by atoms with Crippen LogP contribution in [0.4, 0.5) is 4.79 Å². The zero-order valence-electron chi connectivity index (χ0n) is 9.45. The van der Waals surface area contributed by atoms with Gasteiger partial charge in [0.1, 0.15) is 5.67 Å².